The Kier molecular flexibility index (Phi) is 4.45. The molecule has 2 N–H and O–H groups in total. The summed E-state index contributed by atoms with van der Waals surface area (Å²) in [5.74, 6) is -0.103. The summed E-state index contributed by atoms with van der Waals surface area (Å²) in [5, 5.41) is 12.8. The molecule has 0 saturated heterocycles. The minimum Gasteiger partial charge on any atom is -0.391 e. The predicted octanol–water partition coefficient (Wildman–Crippen LogP) is 2.30. The van der Waals surface area contributed by atoms with Crippen LogP contribution in [0.4, 0.5) is 0 Å². The number of carbonyl (C=O) groups excluding carboxylic acids is 1. The van der Waals surface area contributed by atoms with Gasteiger partial charge in [-0.1, -0.05) is 12.8 Å². The fourth-order valence-corrected chi connectivity index (χ4v) is 2.91. The Balaban J connectivity index is 2.06. The van der Waals surface area contributed by atoms with Gasteiger partial charge in [-0.3, -0.25) is 4.79 Å². The average Bonchev–Trinajstić information content (AvgIpc) is 2.73. The number of halogens is 1. The quantitative estimate of drug-likeness (QED) is 0.899. The summed E-state index contributed by atoms with van der Waals surface area (Å²) in [5.41, 5.74) is 0.641. The van der Waals surface area contributed by atoms with Crippen LogP contribution in [0.25, 0.3) is 0 Å². The molecule has 0 radical (unpaired) electrons. The number of amides is 1. The maximum absolute atomic E-state index is 12.2. The number of aliphatic hydroxyl groups is 1. The normalized spacial score (nSPS) is 23.9. The van der Waals surface area contributed by atoms with E-state index in [2.05, 4.69) is 21.2 Å². The molecule has 5 heteroatoms. The van der Waals surface area contributed by atoms with Gasteiger partial charge < -0.3 is 15.0 Å². The van der Waals surface area contributed by atoms with Crippen LogP contribution in [0.1, 0.15) is 43.1 Å². The lowest BCUT2D eigenvalue weighted by Gasteiger charge is -2.28. The topological polar surface area (TPSA) is 54.3 Å². The molecule has 0 aliphatic heterocycles. The minimum absolute atomic E-state index is 0.103. The highest BCUT2D eigenvalue weighted by Gasteiger charge is 2.25. The number of aromatic nitrogens is 1. The third-order valence-corrected chi connectivity index (χ3v) is 3.92. The van der Waals surface area contributed by atoms with Gasteiger partial charge in [0.05, 0.1) is 12.1 Å². The molecule has 1 fully saturated rings. The van der Waals surface area contributed by atoms with Crippen LogP contribution in [0.3, 0.4) is 0 Å². The average molecular weight is 315 g/mol. The van der Waals surface area contributed by atoms with Crippen LogP contribution >= 0.6 is 15.9 Å². The minimum atomic E-state index is -0.406. The molecule has 18 heavy (non-hydrogen) atoms. The Morgan fingerprint density at radius 2 is 2.28 bits per heavy atom. The molecule has 1 amide bonds. The van der Waals surface area contributed by atoms with Crippen LogP contribution in [-0.2, 0) is 6.54 Å². The number of hydrogen-bond acceptors (Lipinski definition) is 2. The summed E-state index contributed by atoms with van der Waals surface area (Å²) in [6, 6.07) is 1.71. The van der Waals surface area contributed by atoms with Gasteiger partial charge >= 0.3 is 0 Å². The van der Waals surface area contributed by atoms with E-state index in [9.17, 15) is 9.90 Å². The van der Waals surface area contributed by atoms with E-state index in [0.717, 1.165) is 36.7 Å². The number of nitrogens with zero attached hydrogens (tertiary/aromatic N) is 1. The highest BCUT2D eigenvalue weighted by molar-refractivity contribution is 9.10. The summed E-state index contributed by atoms with van der Waals surface area (Å²) in [4.78, 5) is 12.2. The van der Waals surface area contributed by atoms with E-state index in [-0.39, 0.29) is 11.9 Å². The Bertz CT molecular complexity index is 431. The van der Waals surface area contributed by atoms with E-state index in [0.29, 0.717) is 5.69 Å². The third kappa shape index (κ3) is 2.95. The summed E-state index contributed by atoms with van der Waals surface area (Å²) >= 11 is 3.38. The van der Waals surface area contributed by atoms with Crippen molar-refractivity contribution >= 4 is 21.8 Å². The van der Waals surface area contributed by atoms with E-state index < -0.39 is 6.10 Å². The lowest BCUT2D eigenvalue weighted by atomic mass is 9.92. The van der Waals surface area contributed by atoms with Gasteiger partial charge in [-0.2, -0.15) is 0 Å². The molecule has 0 aromatic carbocycles. The fourth-order valence-electron chi connectivity index (χ4n) is 2.45. The summed E-state index contributed by atoms with van der Waals surface area (Å²) < 4.78 is 2.80. The van der Waals surface area contributed by atoms with Crippen molar-refractivity contribution in [2.45, 2.75) is 51.3 Å². The van der Waals surface area contributed by atoms with Crippen molar-refractivity contribution in [3.63, 3.8) is 0 Å². The molecule has 0 bridgehead atoms. The zero-order chi connectivity index (χ0) is 13.1. The largest absolute Gasteiger partial charge is 0.391 e. The molecule has 4 nitrogen and oxygen atoms in total. The Labute approximate surface area is 116 Å². The first-order chi connectivity index (χ1) is 8.61. The summed E-state index contributed by atoms with van der Waals surface area (Å²) in [6.45, 7) is 2.75. The second kappa shape index (κ2) is 5.89. The van der Waals surface area contributed by atoms with E-state index in [1.165, 1.54) is 0 Å². The van der Waals surface area contributed by atoms with Gasteiger partial charge in [-0.15, -0.1) is 0 Å². The highest BCUT2D eigenvalue weighted by Crippen LogP contribution is 2.20. The lowest BCUT2D eigenvalue weighted by molar-refractivity contribution is 0.0711. The smallest absolute Gasteiger partial charge is 0.268 e. The van der Waals surface area contributed by atoms with Crippen molar-refractivity contribution in [2.24, 2.45) is 0 Å². The van der Waals surface area contributed by atoms with Crippen molar-refractivity contribution in [1.82, 2.24) is 9.88 Å². The maximum atomic E-state index is 12.2. The van der Waals surface area contributed by atoms with Crippen LogP contribution in [0.15, 0.2) is 16.7 Å². The van der Waals surface area contributed by atoms with Crippen LogP contribution in [0.5, 0.6) is 0 Å². The first-order valence-electron chi connectivity index (χ1n) is 6.46. The molecule has 1 saturated carbocycles. The zero-order valence-electron chi connectivity index (χ0n) is 10.5. The van der Waals surface area contributed by atoms with Gasteiger partial charge in [0.25, 0.3) is 5.91 Å². The Morgan fingerprint density at radius 1 is 1.56 bits per heavy atom. The maximum Gasteiger partial charge on any atom is 0.268 e. The monoisotopic (exact) mass is 314 g/mol. The number of aryl methyl sites for hydroxylation is 1. The summed E-state index contributed by atoms with van der Waals surface area (Å²) in [7, 11) is 0. The molecule has 2 rings (SSSR count). The van der Waals surface area contributed by atoms with Crippen molar-refractivity contribution in [1.29, 1.82) is 0 Å². The van der Waals surface area contributed by atoms with Crippen molar-refractivity contribution in [3.8, 4) is 0 Å². The number of carbonyl (C=O) groups is 1. The second-order valence-electron chi connectivity index (χ2n) is 4.76. The van der Waals surface area contributed by atoms with E-state index in [1.807, 2.05) is 23.8 Å². The van der Waals surface area contributed by atoms with Crippen LogP contribution < -0.4 is 5.32 Å². The van der Waals surface area contributed by atoms with Crippen molar-refractivity contribution in [2.75, 3.05) is 0 Å². The molecule has 1 aromatic rings. The Morgan fingerprint density at radius 3 is 2.94 bits per heavy atom. The lowest BCUT2D eigenvalue weighted by Crippen LogP contribution is -2.45. The number of hydrogen-bond donors (Lipinski definition) is 2. The molecule has 100 valence electrons. The number of aliphatic hydroxyl groups excluding tert-OH is 1. The van der Waals surface area contributed by atoms with Gasteiger partial charge in [0, 0.05) is 17.2 Å². The molecule has 0 spiro atoms. The number of nitrogens with one attached hydrogen (secondary N) is 1. The standard InChI is InChI=1S/C13H19BrN2O2/c1-2-16-8-9(14)7-11(16)13(18)15-10-5-3-4-6-12(10)17/h7-8,10,12,17H,2-6H2,1H3,(H,15,18)/t10-,12-/m1/s1. The van der Waals surface area contributed by atoms with Gasteiger partial charge in [-0.05, 0) is 41.8 Å². The SMILES string of the molecule is CCn1cc(Br)cc1C(=O)N[C@@H]1CCCC[C@H]1O. The summed E-state index contributed by atoms with van der Waals surface area (Å²) in [6.07, 6.45) is 5.25. The van der Waals surface area contributed by atoms with E-state index in [4.69, 9.17) is 0 Å². The molecule has 1 aliphatic rings. The molecular formula is C13H19BrN2O2. The predicted molar refractivity (Wildman–Crippen MR) is 73.5 cm³/mol. The molecule has 1 heterocycles. The fraction of sp³-hybridized carbons (Fsp3) is 0.615. The van der Waals surface area contributed by atoms with Crippen molar-refractivity contribution < 1.29 is 9.90 Å². The first kappa shape index (κ1) is 13.6. The van der Waals surface area contributed by atoms with Crippen molar-refractivity contribution in [3.05, 3.63) is 22.4 Å². The molecule has 1 aromatic heterocycles. The molecule has 1 aliphatic carbocycles. The van der Waals surface area contributed by atoms with Gasteiger partial charge in [0.1, 0.15) is 5.69 Å². The van der Waals surface area contributed by atoms with Gasteiger partial charge in [-0.25, -0.2) is 0 Å². The molecular weight excluding hydrogens is 296 g/mol. The van der Waals surface area contributed by atoms with E-state index in [1.54, 1.807) is 0 Å². The molecule has 2 atom stereocenters. The third-order valence-electron chi connectivity index (χ3n) is 3.48. The Hall–Kier alpha value is -0.810. The highest BCUT2D eigenvalue weighted by atomic mass is 79.9. The van der Waals surface area contributed by atoms with Crippen LogP contribution in [0, 0.1) is 0 Å². The second-order valence-corrected chi connectivity index (χ2v) is 5.68. The van der Waals surface area contributed by atoms with Gasteiger partial charge in [0.2, 0.25) is 0 Å². The van der Waals surface area contributed by atoms with Crippen LogP contribution in [-0.4, -0.2) is 27.7 Å². The molecule has 0 unspecified atom stereocenters. The zero-order valence-corrected chi connectivity index (χ0v) is 12.1. The van der Waals surface area contributed by atoms with Crippen LogP contribution in [0.2, 0.25) is 0 Å². The van der Waals surface area contributed by atoms with Gasteiger partial charge in [0.15, 0.2) is 0 Å². The first-order valence-corrected chi connectivity index (χ1v) is 7.25. The van der Waals surface area contributed by atoms with E-state index >= 15 is 0 Å². The number of rotatable bonds is 3.